The lowest BCUT2D eigenvalue weighted by molar-refractivity contribution is 0.590. The lowest BCUT2D eigenvalue weighted by Crippen LogP contribution is -1.99. The predicted octanol–water partition coefficient (Wildman–Crippen LogP) is 3.48. The monoisotopic (exact) mass is 283 g/mol. The van der Waals surface area contributed by atoms with Crippen molar-refractivity contribution in [1.82, 2.24) is 14.5 Å². The number of benzene rings is 1. The van der Waals surface area contributed by atoms with Gasteiger partial charge >= 0.3 is 0 Å². The largest absolute Gasteiger partial charge is 0.328 e. The summed E-state index contributed by atoms with van der Waals surface area (Å²) >= 11 is 6.59. The Bertz CT molecular complexity index is 759. The maximum Gasteiger partial charge on any atom is 0.178 e. The van der Waals surface area contributed by atoms with Crippen molar-refractivity contribution in [2.45, 2.75) is 6.54 Å². The van der Waals surface area contributed by atoms with Crippen molar-refractivity contribution in [3.05, 3.63) is 45.1 Å². The normalized spacial score (nSPS) is 11.2. The number of halogens is 2. The summed E-state index contributed by atoms with van der Waals surface area (Å²) < 4.78 is 28.8. The number of rotatable bonds is 2. The third-order valence-electron chi connectivity index (χ3n) is 2.58. The van der Waals surface area contributed by atoms with Gasteiger partial charge in [0.2, 0.25) is 0 Å². The first-order chi connectivity index (χ1) is 8.65. The van der Waals surface area contributed by atoms with Crippen LogP contribution in [0.1, 0.15) is 5.01 Å². The van der Waals surface area contributed by atoms with Crippen LogP contribution in [0.25, 0.3) is 11.0 Å². The van der Waals surface area contributed by atoms with Crippen LogP contribution in [0, 0.1) is 16.4 Å². The van der Waals surface area contributed by atoms with E-state index in [1.807, 2.05) is 5.38 Å². The molecule has 0 aliphatic heterocycles. The lowest BCUT2D eigenvalue weighted by Gasteiger charge is -2.01. The molecule has 0 radical (unpaired) electrons. The SMILES string of the molecule is Fc1cc(F)c2[nH]c(=S)n(Cc3nccs3)c2c1. The first-order valence-electron chi connectivity index (χ1n) is 5.11. The van der Waals surface area contributed by atoms with Gasteiger partial charge in [0.1, 0.15) is 16.3 Å². The van der Waals surface area contributed by atoms with Crippen molar-refractivity contribution >= 4 is 34.6 Å². The molecule has 0 fully saturated rings. The van der Waals surface area contributed by atoms with Gasteiger partial charge in [-0.1, -0.05) is 0 Å². The fraction of sp³-hybridized carbons (Fsp3) is 0.0909. The highest BCUT2D eigenvalue weighted by atomic mass is 32.1. The zero-order valence-electron chi connectivity index (χ0n) is 8.98. The molecule has 0 aliphatic carbocycles. The summed E-state index contributed by atoms with van der Waals surface area (Å²) in [7, 11) is 0. The molecule has 0 saturated carbocycles. The Hall–Kier alpha value is -1.60. The van der Waals surface area contributed by atoms with Gasteiger partial charge in [0.05, 0.1) is 12.1 Å². The number of H-pyrrole nitrogens is 1. The summed E-state index contributed by atoms with van der Waals surface area (Å²) in [4.78, 5) is 6.88. The van der Waals surface area contributed by atoms with Gasteiger partial charge < -0.3 is 9.55 Å². The standard InChI is InChI=1S/C11H7F2N3S2/c12-6-3-7(13)10-8(4-6)16(11(17)15-10)5-9-14-1-2-18-9/h1-4H,5H2,(H,15,17). The van der Waals surface area contributed by atoms with Gasteiger partial charge in [0, 0.05) is 17.6 Å². The summed E-state index contributed by atoms with van der Waals surface area (Å²) in [5, 5.41) is 2.67. The maximum atomic E-state index is 13.6. The average Bonchev–Trinajstić information content (AvgIpc) is 2.91. The molecule has 0 bridgehead atoms. The van der Waals surface area contributed by atoms with E-state index < -0.39 is 11.6 Å². The Kier molecular flexibility index (Phi) is 2.71. The molecule has 0 unspecified atom stereocenters. The highest BCUT2D eigenvalue weighted by Crippen LogP contribution is 2.21. The van der Waals surface area contributed by atoms with Gasteiger partial charge in [-0.2, -0.15) is 0 Å². The highest BCUT2D eigenvalue weighted by molar-refractivity contribution is 7.71. The van der Waals surface area contributed by atoms with Crippen LogP contribution in [0.2, 0.25) is 0 Å². The highest BCUT2D eigenvalue weighted by Gasteiger charge is 2.11. The number of nitrogens with zero attached hydrogens (tertiary/aromatic N) is 2. The Labute approximate surface area is 110 Å². The lowest BCUT2D eigenvalue weighted by atomic mass is 10.3. The summed E-state index contributed by atoms with van der Waals surface area (Å²) in [6.45, 7) is 0.402. The fourth-order valence-corrected chi connectivity index (χ4v) is 2.67. The van der Waals surface area contributed by atoms with E-state index in [9.17, 15) is 8.78 Å². The van der Waals surface area contributed by atoms with Crippen molar-refractivity contribution in [1.29, 1.82) is 0 Å². The first kappa shape index (κ1) is 11.5. The number of fused-ring (bicyclic) bond motifs is 1. The van der Waals surface area contributed by atoms with E-state index in [4.69, 9.17) is 12.2 Å². The molecule has 0 atom stereocenters. The van der Waals surface area contributed by atoms with E-state index in [0.29, 0.717) is 16.8 Å². The summed E-state index contributed by atoms with van der Waals surface area (Å²) in [6.07, 6.45) is 1.68. The quantitative estimate of drug-likeness (QED) is 0.730. The van der Waals surface area contributed by atoms with Crippen LogP contribution >= 0.6 is 23.6 Å². The molecule has 0 spiro atoms. The molecule has 3 rings (SSSR count). The Morgan fingerprint density at radius 2 is 2.22 bits per heavy atom. The molecule has 1 aromatic carbocycles. The Balaban J connectivity index is 2.22. The van der Waals surface area contributed by atoms with Gasteiger partial charge in [0.25, 0.3) is 0 Å². The molecule has 0 aliphatic rings. The third-order valence-corrected chi connectivity index (χ3v) is 3.67. The molecule has 18 heavy (non-hydrogen) atoms. The van der Waals surface area contributed by atoms with Gasteiger partial charge in [-0.25, -0.2) is 13.8 Å². The van der Waals surface area contributed by atoms with Crippen LogP contribution in [0.3, 0.4) is 0 Å². The fourth-order valence-electron chi connectivity index (χ4n) is 1.80. The molecular formula is C11H7F2N3S2. The number of hydrogen-bond acceptors (Lipinski definition) is 3. The Morgan fingerprint density at radius 1 is 1.39 bits per heavy atom. The molecule has 3 aromatic rings. The minimum Gasteiger partial charge on any atom is -0.328 e. The number of nitrogens with one attached hydrogen (secondary N) is 1. The second kappa shape index (κ2) is 4.25. The minimum absolute atomic E-state index is 0.220. The van der Waals surface area contributed by atoms with Crippen molar-refractivity contribution < 1.29 is 8.78 Å². The van der Waals surface area contributed by atoms with E-state index in [1.54, 1.807) is 10.8 Å². The van der Waals surface area contributed by atoms with Gasteiger partial charge in [-0.15, -0.1) is 11.3 Å². The van der Waals surface area contributed by atoms with Gasteiger partial charge in [0.15, 0.2) is 10.6 Å². The summed E-state index contributed by atoms with van der Waals surface area (Å²) in [6, 6.07) is 2.10. The topological polar surface area (TPSA) is 33.6 Å². The van der Waals surface area contributed by atoms with Crippen molar-refractivity contribution in [2.75, 3.05) is 0 Å². The molecule has 0 saturated heterocycles. The smallest absolute Gasteiger partial charge is 0.178 e. The molecule has 7 heteroatoms. The molecule has 3 nitrogen and oxygen atoms in total. The number of aromatic nitrogens is 3. The van der Waals surface area contributed by atoms with Crippen molar-refractivity contribution in [3.63, 3.8) is 0 Å². The molecule has 2 heterocycles. The molecule has 0 amide bonds. The van der Waals surface area contributed by atoms with E-state index >= 15 is 0 Å². The molecular weight excluding hydrogens is 276 g/mol. The number of imidazole rings is 1. The maximum absolute atomic E-state index is 13.6. The average molecular weight is 283 g/mol. The predicted molar refractivity (Wildman–Crippen MR) is 68.3 cm³/mol. The number of hydrogen-bond donors (Lipinski definition) is 1. The van der Waals surface area contributed by atoms with Crippen molar-refractivity contribution in [2.24, 2.45) is 0 Å². The zero-order chi connectivity index (χ0) is 12.7. The van der Waals surface area contributed by atoms with Crippen LogP contribution < -0.4 is 0 Å². The van der Waals surface area contributed by atoms with Crippen LogP contribution in [0.5, 0.6) is 0 Å². The third kappa shape index (κ3) is 1.85. The summed E-state index contributed by atoms with van der Waals surface area (Å²) in [5.74, 6) is -1.27. The molecule has 92 valence electrons. The number of thiazole rings is 1. The van der Waals surface area contributed by atoms with Crippen LogP contribution in [0.15, 0.2) is 23.7 Å². The van der Waals surface area contributed by atoms with Crippen LogP contribution in [-0.4, -0.2) is 14.5 Å². The zero-order valence-corrected chi connectivity index (χ0v) is 10.6. The minimum atomic E-state index is -0.644. The van der Waals surface area contributed by atoms with E-state index in [2.05, 4.69) is 9.97 Å². The van der Waals surface area contributed by atoms with Crippen LogP contribution in [-0.2, 0) is 6.54 Å². The summed E-state index contributed by atoms with van der Waals surface area (Å²) in [5.41, 5.74) is 0.630. The Morgan fingerprint density at radius 3 is 2.94 bits per heavy atom. The first-order valence-corrected chi connectivity index (χ1v) is 6.40. The van der Waals surface area contributed by atoms with E-state index in [1.165, 1.54) is 17.4 Å². The molecule has 2 aromatic heterocycles. The number of aromatic amines is 1. The van der Waals surface area contributed by atoms with E-state index in [0.717, 1.165) is 11.1 Å². The second-order valence-electron chi connectivity index (χ2n) is 3.72. The van der Waals surface area contributed by atoms with Gasteiger partial charge in [-0.05, 0) is 18.3 Å². The van der Waals surface area contributed by atoms with E-state index in [-0.39, 0.29) is 5.52 Å². The molecule has 1 N–H and O–H groups in total. The van der Waals surface area contributed by atoms with Crippen molar-refractivity contribution in [3.8, 4) is 0 Å². The second-order valence-corrected chi connectivity index (χ2v) is 5.09. The van der Waals surface area contributed by atoms with Crippen LogP contribution in [0.4, 0.5) is 8.78 Å². The van der Waals surface area contributed by atoms with Gasteiger partial charge in [-0.3, -0.25) is 0 Å².